The van der Waals surface area contributed by atoms with E-state index in [0.717, 1.165) is 22.0 Å². The molecule has 0 radical (unpaired) electrons. The molecule has 170 valence electrons. The van der Waals surface area contributed by atoms with Gasteiger partial charge in [0.25, 0.3) is 0 Å². The molecule has 1 aromatic carbocycles. The van der Waals surface area contributed by atoms with Crippen LogP contribution in [0.4, 0.5) is 11.5 Å². The molecule has 2 aliphatic rings. The molecule has 0 unspecified atom stereocenters. The van der Waals surface area contributed by atoms with Gasteiger partial charge in [0.15, 0.2) is 12.0 Å². The highest BCUT2D eigenvalue weighted by molar-refractivity contribution is 6.31. The van der Waals surface area contributed by atoms with Crippen molar-refractivity contribution >= 4 is 45.0 Å². The lowest BCUT2D eigenvalue weighted by Crippen LogP contribution is -2.34. The van der Waals surface area contributed by atoms with E-state index in [2.05, 4.69) is 20.3 Å². The molecular formula is C23H23ClN6O3. The van der Waals surface area contributed by atoms with Gasteiger partial charge in [-0.25, -0.2) is 9.97 Å². The standard InChI is InChI=1S/C23H23ClN6O3/c1-23(2)32-18-17(10-26-14-4-3-12-7-13(24)9-27-16(12)8-14)31-22(19(18)33-23)30-6-5-15-20(25)28-11-29-21(15)30/h3-9,11,17-19,22,26H,10H2,1-2H3,(H2,25,28,29)/t17-,18-,19-,22-/m1/s1. The largest absolute Gasteiger partial charge is 0.383 e. The number of hydrogen-bond acceptors (Lipinski definition) is 8. The van der Waals surface area contributed by atoms with Gasteiger partial charge in [-0.05, 0) is 38.1 Å². The summed E-state index contributed by atoms with van der Waals surface area (Å²) < 4.78 is 20.9. The van der Waals surface area contributed by atoms with Gasteiger partial charge in [0, 0.05) is 30.0 Å². The predicted molar refractivity (Wildman–Crippen MR) is 125 cm³/mol. The summed E-state index contributed by atoms with van der Waals surface area (Å²) in [7, 11) is 0. The maximum atomic E-state index is 6.46. The van der Waals surface area contributed by atoms with Gasteiger partial charge in [0.1, 0.15) is 36.1 Å². The fourth-order valence-electron chi connectivity index (χ4n) is 4.67. The number of hydrogen-bond donors (Lipinski definition) is 2. The molecule has 0 spiro atoms. The Morgan fingerprint density at radius 3 is 2.85 bits per heavy atom. The number of pyridine rings is 1. The molecule has 2 fully saturated rings. The van der Waals surface area contributed by atoms with Crippen molar-refractivity contribution < 1.29 is 14.2 Å². The summed E-state index contributed by atoms with van der Waals surface area (Å²) in [5.41, 5.74) is 8.52. The molecule has 6 rings (SSSR count). The summed E-state index contributed by atoms with van der Waals surface area (Å²) in [5.74, 6) is -0.278. The summed E-state index contributed by atoms with van der Waals surface area (Å²) in [6.07, 6.45) is 3.82. The van der Waals surface area contributed by atoms with Crippen molar-refractivity contribution in [3.63, 3.8) is 0 Å². The van der Waals surface area contributed by atoms with Gasteiger partial charge < -0.3 is 29.8 Å². The first-order valence-electron chi connectivity index (χ1n) is 10.8. The molecule has 3 aromatic heterocycles. The zero-order valence-corrected chi connectivity index (χ0v) is 18.9. The SMILES string of the molecule is CC1(C)O[C@@H]2[C@H](O1)[C@@H](CNc1ccc3cc(Cl)cnc3c1)O[C@H]2n1ccc2c(N)ncnc21. The van der Waals surface area contributed by atoms with Crippen LogP contribution in [0.2, 0.25) is 5.02 Å². The lowest BCUT2D eigenvalue weighted by Gasteiger charge is -2.25. The molecule has 9 nitrogen and oxygen atoms in total. The van der Waals surface area contributed by atoms with E-state index in [0.29, 0.717) is 23.0 Å². The van der Waals surface area contributed by atoms with Crippen LogP contribution in [0, 0.1) is 0 Å². The third-order valence-corrected chi connectivity index (χ3v) is 6.30. The zero-order valence-electron chi connectivity index (χ0n) is 18.1. The highest BCUT2D eigenvalue weighted by Crippen LogP contribution is 2.44. The molecular weight excluding hydrogens is 444 g/mol. The maximum absolute atomic E-state index is 6.46. The fourth-order valence-corrected chi connectivity index (χ4v) is 4.83. The van der Waals surface area contributed by atoms with Crippen LogP contribution in [0.1, 0.15) is 20.1 Å². The Kier molecular flexibility index (Phi) is 4.70. The third kappa shape index (κ3) is 3.57. The second kappa shape index (κ2) is 7.53. The topological polar surface area (TPSA) is 109 Å². The first kappa shape index (κ1) is 20.6. The summed E-state index contributed by atoms with van der Waals surface area (Å²) >= 11 is 6.04. The lowest BCUT2D eigenvalue weighted by molar-refractivity contribution is -0.194. The Morgan fingerprint density at radius 1 is 1.12 bits per heavy atom. The molecule has 10 heteroatoms. The van der Waals surface area contributed by atoms with Crippen LogP contribution in [0.5, 0.6) is 0 Å². The van der Waals surface area contributed by atoms with Gasteiger partial charge >= 0.3 is 0 Å². The normalized spacial score (nSPS) is 26.2. The average Bonchev–Trinajstić information content (AvgIpc) is 3.44. The first-order valence-corrected chi connectivity index (χ1v) is 11.1. The van der Waals surface area contributed by atoms with Gasteiger partial charge in [-0.2, -0.15) is 0 Å². The quantitative estimate of drug-likeness (QED) is 0.468. The van der Waals surface area contributed by atoms with Crippen molar-refractivity contribution in [2.24, 2.45) is 0 Å². The molecule has 0 saturated carbocycles. The zero-order chi connectivity index (χ0) is 22.7. The van der Waals surface area contributed by atoms with Crippen LogP contribution in [0.25, 0.3) is 21.9 Å². The molecule has 5 heterocycles. The number of benzene rings is 1. The maximum Gasteiger partial charge on any atom is 0.164 e. The van der Waals surface area contributed by atoms with Crippen molar-refractivity contribution in [2.45, 2.75) is 44.2 Å². The molecule has 4 atom stereocenters. The fraction of sp³-hybridized carbons (Fsp3) is 0.348. The number of aromatic nitrogens is 4. The Morgan fingerprint density at radius 2 is 1.97 bits per heavy atom. The minimum absolute atomic E-state index is 0.243. The Balaban J connectivity index is 1.27. The van der Waals surface area contributed by atoms with Gasteiger partial charge in [0.2, 0.25) is 0 Å². The van der Waals surface area contributed by atoms with Gasteiger partial charge in [0.05, 0.1) is 15.9 Å². The molecule has 2 aliphatic heterocycles. The van der Waals surface area contributed by atoms with E-state index < -0.39 is 12.0 Å². The second-order valence-corrected chi connectivity index (χ2v) is 9.23. The van der Waals surface area contributed by atoms with E-state index >= 15 is 0 Å². The molecule has 0 aliphatic carbocycles. The third-order valence-electron chi connectivity index (χ3n) is 6.10. The van der Waals surface area contributed by atoms with Crippen molar-refractivity contribution in [3.8, 4) is 0 Å². The van der Waals surface area contributed by atoms with Crippen LogP contribution in [0.3, 0.4) is 0 Å². The van der Waals surface area contributed by atoms with Crippen LogP contribution in [-0.2, 0) is 14.2 Å². The summed E-state index contributed by atoms with van der Waals surface area (Å²) in [6.45, 7) is 4.37. The molecule has 3 N–H and O–H groups in total. The molecule has 33 heavy (non-hydrogen) atoms. The van der Waals surface area contributed by atoms with E-state index in [9.17, 15) is 0 Å². The Labute approximate surface area is 194 Å². The summed E-state index contributed by atoms with van der Waals surface area (Å²) in [4.78, 5) is 12.9. The average molecular weight is 467 g/mol. The summed E-state index contributed by atoms with van der Waals surface area (Å²) in [5, 5.41) is 5.84. The molecule has 0 amide bonds. The summed E-state index contributed by atoms with van der Waals surface area (Å²) in [6, 6.07) is 9.77. The smallest absolute Gasteiger partial charge is 0.164 e. The van der Waals surface area contributed by atoms with E-state index in [1.54, 1.807) is 6.20 Å². The number of nitrogen functional groups attached to an aromatic ring is 1. The number of anilines is 2. The number of nitrogens with two attached hydrogens (primary N) is 1. The molecule has 4 aromatic rings. The minimum atomic E-state index is -0.710. The van der Waals surface area contributed by atoms with Gasteiger partial charge in [-0.1, -0.05) is 17.7 Å². The van der Waals surface area contributed by atoms with Crippen molar-refractivity contribution in [1.29, 1.82) is 0 Å². The lowest BCUT2D eigenvalue weighted by atomic mass is 10.1. The first-order chi connectivity index (χ1) is 15.9. The monoisotopic (exact) mass is 466 g/mol. The van der Waals surface area contributed by atoms with E-state index in [-0.39, 0.29) is 18.3 Å². The number of rotatable bonds is 4. The van der Waals surface area contributed by atoms with Crippen molar-refractivity contribution in [1.82, 2.24) is 19.5 Å². The van der Waals surface area contributed by atoms with Gasteiger partial charge in [-0.3, -0.25) is 4.98 Å². The van der Waals surface area contributed by atoms with E-state index in [1.807, 2.05) is 54.9 Å². The number of nitrogens with one attached hydrogen (secondary N) is 1. The van der Waals surface area contributed by atoms with E-state index in [1.165, 1.54) is 6.33 Å². The van der Waals surface area contributed by atoms with Crippen LogP contribution in [-0.4, -0.2) is 50.2 Å². The van der Waals surface area contributed by atoms with Gasteiger partial charge in [-0.15, -0.1) is 0 Å². The molecule has 0 bridgehead atoms. The van der Waals surface area contributed by atoms with Crippen LogP contribution in [0.15, 0.2) is 49.1 Å². The van der Waals surface area contributed by atoms with Crippen molar-refractivity contribution in [3.05, 3.63) is 54.1 Å². The Bertz CT molecular complexity index is 1360. The number of fused-ring (bicyclic) bond motifs is 3. The predicted octanol–water partition coefficient (Wildman–Crippen LogP) is 3.74. The molecule has 2 saturated heterocycles. The number of ether oxygens (including phenoxy) is 3. The van der Waals surface area contributed by atoms with E-state index in [4.69, 9.17) is 31.5 Å². The second-order valence-electron chi connectivity index (χ2n) is 8.79. The number of halogens is 1. The minimum Gasteiger partial charge on any atom is -0.383 e. The number of nitrogens with zero attached hydrogens (tertiary/aromatic N) is 4. The van der Waals surface area contributed by atoms with Crippen LogP contribution >= 0.6 is 11.6 Å². The van der Waals surface area contributed by atoms with Crippen LogP contribution < -0.4 is 11.1 Å². The highest BCUT2D eigenvalue weighted by atomic mass is 35.5. The Hall–Kier alpha value is -2.98. The highest BCUT2D eigenvalue weighted by Gasteiger charge is 2.55. The van der Waals surface area contributed by atoms with Crippen molar-refractivity contribution in [2.75, 3.05) is 17.6 Å².